The molecule has 1 aliphatic rings. The molecule has 1 amide bonds. The minimum absolute atomic E-state index is 0.229. The number of ether oxygens (including phenoxy) is 2. The minimum Gasteiger partial charge on any atom is -0.493 e. The summed E-state index contributed by atoms with van der Waals surface area (Å²) < 4.78 is 10.5. The van der Waals surface area contributed by atoms with E-state index >= 15 is 0 Å². The van der Waals surface area contributed by atoms with Crippen LogP contribution in [0.4, 0.5) is 11.5 Å². The Morgan fingerprint density at radius 3 is 2.52 bits per heavy atom. The van der Waals surface area contributed by atoms with Gasteiger partial charge < -0.3 is 19.7 Å². The van der Waals surface area contributed by atoms with Crippen molar-refractivity contribution in [3.63, 3.8) is 0 Å². The number of methoxy groups -OCH3 is 2. The highest BCUT2D eigenvalue weighted by atomic mass is 16.5. The SMILES string of the molecule is COc1ccc(C(=O)Nc2ccc(N3CCc4ccccc4C3)nc2)cc1OC. The molecule has 0 atom stereocenters. The lowest BCUT2D eigenvalue weighted by Crippen LogP contribution is -2.30. The van der Waals surface area contributed by atoms with Crippen molar-refractivity contribution < 1.29 is 14.3 Å². The van der Waals surface area contributed by atoms with Crippen LogP contribution in [0.3, 0.4) is 0 Å². The van der Waals surface area contributed by atoms with Crippen molar-refractivity contribution in [1.82, 2.24) is 4.98 Å². The standard InChI is InChI=1S/C23H23N3O3/c1-28-20-9-7-17(13-21(20)29-2)23(27)25-19-8-10-22(24-14-19)26-12-11-16-5-3-4-6-18(16)15-26/h3-10,13-14H,11-12,15H2,1-2H3,(H,25,27). The van der Waals surface area contributed by atoms with E-state index in [1.807, 2.05) is 12.1 Å². The lowest BCUT2D eigenvalue weighted by molar-refractivity contribution is 0.102. The summed E-state index contributed by atoms with van der Waals surface area (Å²) in [4.78, 5) is 19.4. The van der Waals surface area contributed by atoms with Gasteiger partial charge in [-0.05, 0) is 47.9 Å². The van der Waals surface area contributed by atoms with Gasteiger partial charge in [0, 0.05) is 18.7 Å². The van der Waals surface area contributed by atoms with Crippen LogP contribution in [0.1, 0.15) is 21.5 Å². The van der Waals surface area contributed by atoms with E-state index < -0.39 is 0 Å². The van der Waals surface area contributed by atoms with E-state index in [0.717, 1.165) is 25.3 Å². The van der Waals surface area contributed by atoms with Gasteiger partial charge in [-0.15, -0.1) is 0 Å². The summed E-state index contributed by atoms with van der Waals surface area (Å²) in [5.41, 5.74) is 3.87. The number of hydrogen-bond acceptors (Lipinski definition) is 5. The second-order valence-electron chi connectivity index (χ2n) is 6.87. The molecule has 6 heteroatoms. The molecule has 4 rings (SSSR count). The first-order chi connectivity index (χ1) is 14.2. The Bertz CT molecular complexity index is 1020. The van der Waals surface area contributed by atoms with E-state index in [9.17, 15) is 4.79 Å². The van der Waals surface area contributed by atoms with Gasteiger partial charge in [-0.2, -0.15) is 0 Å². The molecule has 1 aromatic heterocycles. The summed E-state index contributed by atoms with van der Waals surface area (Å²) >= 11 is 0. The van der Waals surface area contributed by atoms with Crippen molar-refractivity contribution in [2.45, 2.75) is 13.0 Å². The first-order valence-corrected chi connectivity index (χ1v) is 9.49. The highest BCUT2D eigenvalue weighted by Crippen LogP contribution is 2.28. The molecule has 2 heterocycles. The second kappa shape index (κ2) is 8.22. The predicted octanol–water partition coefficient (Wildman–Crippen LogP) is 3.91. The number of nitrogens with zero attached hydrogens (tertiary/aromatic N) is 2. The Morgan fingerprint density at radius 1 is 1.00 bits per heavy atom. The van der Waals surface area contributed by atoms with Crippen LogP contribution in [0.25, 0.3) is 0 Å². The number of pyridine rings is 1. The predicted molar refractivity (Wildman–Crippen MR) is 113 cm³/mol. The van der Waals surface area contributed by atoms with E-state index in [-0.39, 0.29) is 5.91 Å². The Balaban J connectivity index is 1.44. The van der Waals surface area contributed by atoms with Gasteiger partial charge in [-0.3, -0.25) is 4.79 Å². The number of rotatable bonds is 5. The third-order valence-corrected chi connectivity index (χ3v) is 5.11. The zero-order valence-electron chi connectivity index (χ0n) is 16.5. The first-order valence-electron chi connectivity index (χ1n) is 9.49. The number of carbonyl (C=O) groups excluding carboxylic acids is 1. The van der Waals surface area contributed by atoms with Crippen LogP contribution >= 0.6 is 0 Å². The molecule has 148 valence electrons. The van der Waals surface area contributed by atoms with Gasteiger partial charge in [0.2, 0.25) is 0 Å². The second-order valence-corrected chi connectivity index (χ2v) is 6.87. The Hall–Kier alpha value is -3.54. The summed E-state index contributed by atoms with van der Waals surface area (Å²) in [6.07, 6.45) is 2.70. The zero-order chi connectivity index (χ0) is 20.2. The molecular weight excluding hydrogens is 366 g/mol. The molecule has 0 spiro atoms. The lowest BCUT2D eigenvalue weighted by atomic mass is 10.00. The number of carbonyl (C=O) groups is 1. The molecule has 0 bridgehead atoms. The molecule has 29 heavy (non-hydrogen) atoms. The van der Waals surface area contributed by atoms with E-state index in [2.05, 4.69) is 39.5 Å². The van der Waals surface area contributed by atoms with E-state index in [1.54, 1.807) is 38.6 Å². The van der Waals surface area contributed by atoms with Crippen molar-refractivity contribution in [1.29, 1.82) is 0 Å². The van der Waals surface area contributed by atoms with E-state index in [1.165, 1.54) is 11.1 Å². The maximum Gasteiger partial charge on any atom is 0.255 e. The quantitative estimate of drug-likeness (QED) is 0.717. The van der Waals surface area contributed by atoms with Crippen LogP contribution < -0.4 is 19.7 Å². The van der Waals surface area contributed by atoms with Gasteiger partial charge in [0.15, 0.2) is 11.5 Å². The average Bonchev–Trinajstić information content (AvgIpc) is 2.78. The number of amides is 1. The molecule has 0 aliphatic carbocycles. The molecular formula is C23H23N3O3. The van der Waals surface area contributed by atoms with Gasteiger partial charge in [-0.1, -0.05) is 24.3 Å². The maximum absolute atomic E-state index is 12.6. The van der Waals surface area contributed by atoms with Crippen molar-refractivity contribution in [2.75, 3.05) is 31.0 Å². The molecule has 2 aromatic carbocycles. The number of aromatic nitrogens is 1. The van der Waals surface area contributed by atoms with Crippen molar-refractivity contribution >= 4 is 17.4 Å². The fourth-order valence-corrected chi connectivity index (χ4v) is 3.52. The van der Waals surface area contributed by atoms with Crippen molar-refractivity contribution in [2.24, 2.45) is 0 Å². The molecule has 0 unspecified atom stereocenters. The Kier molecular flexibility index (Phi) is 5.33. The number of hydrogen-bond donors (Lipinski definition) is 1. The van der Waals surface area contributed by atoms with Gasteiger partial charge in [0.25, 0.3) is 5.91 Å². The summed E-state index contributed by atoms with van der Waals surface area (Å²) in [6.45, 7) is 1.78. The number of fused-ring (bicyclic) bond motifs is 1. The smallest absolute Gasteiger partial charge is 0.255 e. The third kappa shape index (κ3) is 4.01. The highest BCUT2D eigenvalue weighted by molar-refractivity contribution is 6.04. The largest absolute Gasteiger partial charge is 0.493 e. The fourth-order valence-electron chi connectivity index (χ4n) is 3.52. The number of benzene rings is 2. The lowest BCUT2D eigenvalue weighted by Gasteiger charge is -2.29. The van der Waals surface area contributed by atoms with Crippen LogP contribution in [0, 0.1) is 0 Å². The van der Waals surface area contributed by atoms with Crippen LogP contribution in [0.2, 0.25) is 0 Å². The molecule has 0 saturated carbocycles. The van der Waals surface area contributed by atoms with Crippen LogP contribution in [0.15, 0.2) is 60.8 Å². The van der Waals surface area contributed by atoms with E-state index in [4.69, 9.17) is 9.47 Å². The Labute approximate surface area is 170 Å². The maximum atomic E-state index is 12.6. The monoisotopic (exact) mass is 389 g/mol. The average molecular weight is 389 g/mol. The van der Waals surface area contributed by atoms with Gasteiger partial charge in [0.1, 0.15) is 5.82 Å². The molecule has 3 aromatic rings. The normalized spacial score (nSPS) is 12.8. The highest BCUT2D eigenvalue weighted by Gasteiger charge is 2.17. The topological polar surface area (TPSA) is 63.7 Å². The number of nitrogens with one attached hydrogen (secondary N) is 1. The molecule has 0 radical (unpaired) electrons. The minimum atomic E-state index is -0.229. The molecule has 0 fully saturated rings. The van der Waals surface area contributed by atoms with Crippen molar-refractivity contribution in [3.05, 3.63) is 77.5 Å². The molecule has 1 aliphatic heterocycles. The summed E-state index contributed by atoms with van der Waals surface area (Å²) in [6, 6.07) is 17.4. The Morgan fingerprint density at radius 2 is 1.79 bits per heavy atom. The summed E-state index contributed by atoms with van der Waals surface area (Å²) in [7, 11) is 3.10. The molecule has 1 N–H and O–H groups in total. The zero-order valence-corrected chi connectivity index (χ0v) is 16.5. The first kappa shape index (κ1) is 18.8. The van der Waals surface area contributed by atoms with Gasteiger partial charge >= 0.3 is 0 Å². The van der Waals surface area contributed by atoms with Crippen molar-refractivity contribution in [3.8, 4) is 11.5 Å². The number of anilines is 2. The van der Waals surface area contributed by atoms with Crippen LogP contribution in [-0.4, -0.2) is 31.7 Å². The van der Waals surface area contributed by atoms with Crippen LogP contribution in [0.5, 0.6) is 11.5 Å². The third-order valence-electron chi connectivity index (χ3n) is 5.11. The van der Waals surface area contributed by atoms with Gasteiger partial charge in [-0.25, -0.2) is 4.98 Å². The molecule has 6 nitrogen and oxygen atoms in total. The van der Waals surface area contributed by atoms with Gasteiger partial charge in [0.05, 0.1) is 26.1 Å². The summed E-state index contributed by atoms with van der Waals surface area (Å²) in [5.74, 6) is 1.77. The fraction of sp³-hybridized carbons (Fsp3) is 0.217. The molecule has 0 saturated heterocycles. The van der Waals surface area contributed by atoms with E-state index in [0.29, 0.717) is 22.7 Å². The van der Waals surface area contributed by atoms with Crippen LogP contribution in [-0.2, 0) is 13.0 Å². The summed E-state index contributed by atoms with van der Waals surface area (Å²) in [5, 5.41) is 2.88.